The van der Waals surface area contributed by atoms with Gasteiger partial charge in [-0.25, -0.2) is 9.97 Å². The molecule has 0 unspecified atom stereocenters. The smallest absolute Gasteiger partial charge is 0.226 e. The molecule has 1 aromatic carbocycles. The number of fused-ring (bicyclic) bond motifs is 1. The summed E-state index contributed by atoms with van der Waals surface area (Å²) in [5, 5.41) is 4.22. The molecule has 0 aliphatic carbocycles. The third kappa shape index (κ3) is 4.57. The second-order valence-electron chi connectivity index (χ2n) is 8.30. The van der Waals surface area contributed by atoms with Crippen molar-refractivity contribution in [1.29, 1.82) is 0 Å². The van der Waals surface area contributed by atoms with Crippen molar-refractivity contribution in [3.63, 3.8) is 0 Å². The first kappa shape index (κ1) is 19.6. The number of aryl methyl sites for hydroxylation is 3. The van der Waals surface area contributed by atoms with Crippen LogP contribution in [0.1, 0.15) is 49.9 Å². The molecule has 0 bridgehead atoms. The molecule has 5 nitrogen and oxygen atoms in total. The minimum Gasteiger partial charge on any atom is -0.356 e. The van der Waals surface area contributed by atoms with Crippen LogP contribution in [0.2, 0.25) is 0 Å². The zero-order chi connectivity index (χ0) is 19.6. The van der Waals surface area contributed by atoms with E-state index in [0.29, 0.717) is 5.92 Å². The second-order valence-corrected chi connectivity index (χ2v) is 8.30. The van der Waals surface area contributed by atoms with Gasteiger partial charge < -0.3 is 10.2 Å². The van der Waals surface area contributed by atoms with Crippen molar-refractivity contribution in [3.05, 3.63) is 29.0 Å². The van der Waals surface area contributed by atoms with Crippen LogP contribution in [-0.4, -0.2) is 35.5 Å². The number of nitrogens with zero attached hydrogens (tertiary/aromatic N) is 3. The second kappa shape index (κ2) is 8.24. The Balaban J connectivity index is 1.66. The first-order valence-corrected chi connectivity index (χ1v) is 10.1. The fourth-order valence-corrected chi connectivity index (χ4v) is 3.64. The van der Waals surface area contributed by atoms with Gasteiger partial charge in [0.2, 0.25) is 11.9 Å². The zero-order valence-corrected chi connectivity index (χ0v) is 17.3. The summed E-state index contributed by atoms with van der Waals surface area (Å²) in [4.78, 5) is 24.1. The van der Waals surface area contributed by atoms with Crippen LogP contribution in [-0.2, 0) is 4.79 Å². The highest BCUT2D eigenvalue weighted by molar-refractivity contribution is 5.83. The van der Waals surface area contributed by atoms with E-state index < -0.39 is 0 Å². The summed E-state index contributed by atoms with van der Waals surface area (Å²) in [6.45, 7) is 13.1. The van der Waals surface area contributed by atoms with E-state index in [1.165, 1.54) is 11.1 Å². The monoisotopic (exact) mass is 368 g/mol. The lowest BCUT2D eigenvalue weighted by atomic mass is 9.96. The van der Waals surface area contributed by atoms with Gasteiger partial charge in [0.05, 0.1) is 11.2 Å². The lowest BCUT2D eigenvalue weighted by Gasteiger charge is -2.31. The molecule has 2 heterocycles. The Kier molecular flexibility index (Phi) is 5.98. The van der Waals surface area contributed by atoms with Gasteiger partial charge in [0.15, 0.2) is 0 Å². The molecule has 146 valence electrons. The average Bonchev–Trinajstić information content (AvgIpc) is 2.63. The van der Waals surface area contributed by atoms with Gasteiger partial charge >= 0.3 is 0 Å². The molecule has 1 aliphatic heterocycles. The number of piperidine rings is 1. The summed E-state index contributed by atoms with van der Waals surface area (Å²) in [5.74, 6) is 1.73. The predicted molar refractivity (Wildman–Crippen MR) is 111 cm³/mol. The van der Waals surface area contributed by atoms with Crippen LogP contribution in [0.25, 0.3) is 10.9 Å². The molecular formula is C22H32N4O. The Bertz CT molecular complexity index is 823. The van der Waals surface area contributed by atoms with Gasteiger partial charge in [-0.3, -0.25) is 4.79 Å². The number of anilines is 1. The summed E-state index contributed by atoms with van der Waals surface area (Å²) in [7, 11) is 0. The molecule has 2 aromatic rings. The van der Waals surface area contributed by atoms with E-state index in [1.54, 1.807) is 0 Å². The van der Waals surface area contributed by atoms with Crippen molar-refractivity contribution in [2.45, 2.75) is 53.9 Å². The molecule has 1 aromatic heterocycles. The Labute approximate surface area is 162 Å². The van der Waals surface area contributed by atoms with Gasteiger partial charge in [0.1, 0.15) is 0 Å². The van der Waals surface area contributed by atoms with Crippen LogP contribution in [0.5, 0.6) is 0 Å². The highest BCUT2D eigenvalue weighted by Crippen LogP contribution is 2.25. The number of benzene rings is 1. The number of carbonyl (C=O) groups is 1. The topological polar surface area (TPSA) is 58.1 Å². The van der Waals surface area contributed by atoms with E-state index in [4.69, 9.17) is 9.97 Å². The van der Waals surface area contributed by atoms with Crippen molar-refractivity contribution in [1.82, 2.24) is 15.3 Å². The van der Waals surface area contributed by atoms with Crippen molar-refractivity contribution in [3.8, 4) is 0 Å². The molecule has 1 saturated heterocycles. The summed E-state index contributed by atoms with van der Waals surface area (Å²) in [6.07, 6.45) is 2.76. The van der Waals surface area contributed by atoms with E-state index in [-0.39, 0.29) is 11.8 Å². The Morgan fingerprint density at radius 3 is 2.48 bits per heavy atom. The molecular weight excluding hydrogens is 336 g/mol. The molecule has 0 radical (unpaired) electrons. The quantitative estimate of drug-likeness (QED) is 0.869. The number of rotatable bonds is 5. The van der Waals surface area contributed by atoms with Crippen LogP contribution < -0.4 is 10.2 Å². The Hall–Kier alpha value is -2.17. The maximum atomic E-state index is 12.4. The number of hydrogen-bond acceptors (Lipinski definition) is 4. The number of nitrogens with one attached hydrogen (secondary N) is 1. The molecule has 1 N–H and O–H groups in total. The van der Waals surface area contributed by atoms with Crippen LogP contribution in [0, 0.1) is 32.6 Å². The summed E-state index contributed by atoms with van der Waals surface area (Å²) >= 11 is 0. The number of aromatic nitrogens is 2. The Morgan fingerprint density at radius 2 is 1.81 bits per heavy atom. The van der Waals surface area contributed by atoms with Crippen molar-refractivity contribution < 1.29 is 4.79 Å². The lowest BCUT2D eigenvalue weighted by Crippen LogP contribution is -2.41. The molecule has 0 saturated carbocycles. The maximum absolute atomic E-state index is 12.4. The minimum atomic E-state index is 0.111. The number of carbonyl (C=O) groups excluding carboxylic acids is 1. The van der Waals surface area contributed by atoms with E-state index in [1.807, 2.05) is 0 Å². The van der Waals surface area contributed by atoms with Crippen molar-refractivity contribution in [2.75, 3.05) is 24.5 Å². The van der Waals surface area contributed by atoms with Gasteiger partial charge in [-0.2, -0.15) is 0 Å². The number of amides is 1. The van der Waals surface area contributed by atoms with Crippen LogP contribution >= 0.6 is 0 Å². The third-order valence-electron chi connectivity index (χ3n) is 5.66. The molecule has 5 heteroatoms. The zero-order valence-electron chi connectivity index (χ0n) is 17.3. The maximum Gasteiger partial charge on any atom is 0.226 e. The molecule has 3 rings (SSSR count). The fourth-order valence-electron chi connectivity index (χ4n) is 3.64. The van der Waals surface area contributed by atoms with Gasteiger partial charge in [-0.05, 0) is 69.2 Å². The van der Waals surface area contributed by atoms with Crippen molar-refractivity contribution in [2.24, 2.45) is 11.8 Å². The number of hydrogen-bond donors (Lipinski definition) is 1. The lowest BCUT2D eigenvalue weighted by molar-refractivity contribution is -0.125. The van der Waals surface area contributed by atoms with Gasteiger partial charge in [0, 0.05) is 30.9 Å². The van der Waals surface area contributed by atoms with Crippen LogP contribution in [0.15, 0.2) is 12.1 Å². The van der Waals surface area contributed by atoms with Crippen molar-refractivity contribution >= 4 is 22.8 Å². The molecule has 27 heavy (non-hydrogen) atoms. The minimum absolute atomic E-state index is 0.111. The SMILES string of the molecule is Cc1cc2nc(N3CCC(C(=O)NCCC(C)C)CC3)nc(C)c2cc1C. The van der Waals surface area contributed by atoms with Crippen LogP contribution in [0.3, 0.4) is 0 Å². The van der Waals surface area contributed by atoms with Crippen LogP contribution in [0.4, 0.5) is 5.95 Å². The van der Waals surface area contributed by atoms with E-state index in [9.17, 15) is 4.79 Å². The molecule has 1 fully saturated rings. The molecule has 1 amide bonds. The van der Waals surface area contributed by atoms with E-state index >= 15 is 0 Å². The highest BCUT2D eigenvalue weighted by atomic mass is 16.1. The summed E-state index contributed by atoms with van der Waals surface area (Å²) in [5.41, 5.74) is 4.55. The van der Waals surface area contributed by atoms with E-state index in [0.717, 1.165) is 61.4 Å². The first-order valence-electron chi connectivity index (χ1n) is 10.1. The first-order chi connectivity index (χ1) is 12.8. The average molecular weight is 369 g/mol. The summed E-state index contributed by atoms with van der Waals surface area (Å²) < 4.78 is 0. The van der Waals surface area contributed by atoms with Gasteiger partial charge in [-0.15, -0.1) is 0 Å². The fraction of sp³-hybridized carbons (Fsp3) is 0.591. The standard InChI is InChI=1S/C22H32N4O/c1-14(2)6-9-23-21(27)18-7-10-26(11-8-18)22-24-17(5)19-12-15(3)16(4)13-20(19)25-22/h12-14,18H,6-11H2,1-5H3,(H,23,27). The molecule has 1 aliphatic rings. The molecule has 0 atom stereocenters. The largest absolute Gasteiger partial charge is 0.356 e. The normalized spacial score (nSPS) is 15.6. The Morgan fingerprint density at radius 1 is 1.15 bits per heavy atom. The van der Waals surface area contributed by atoms with E-state index in [2.05, 4.69) is 57.0 Å². The highest BCUT2D eigenvalue weighted by Gasteiger charge is 2.26. The van der Waals surface area contributed by atoms with Gasteiger partial charge in [-0.1, -0.05) is 13.8 Å². The summed E-state index contributed by atoms with van der Waals surface area (Å²) in [6, 6.07) is 4.33. The third-order valence-corrected chi connectivity index (χ3v) is 5.66. The van der Waals surface area contributed by atoms with Gasteiger partial charge in [0.25, 0.3) is 0 Å². The molecule has 0 spiro atoms. The predicted octanol–water partition coefficient (Wildman–Crippen LogP) is 3.93.